The van der Waals surface area contributed by atoms with Gasteiger partial charge in [0.05, 0.1) is 10.0 Å². The second-order valence-electron chi connectivity index (χ2n) is 9.81. The number of hydrogen-bond acceptors (Lipinski definition) is 3. The molecule has 0 spiro atoms. The van der Waals surface area contributed by atoms with E-state index in [0.717, 1.165) is 17.5 Å². The Hall–Kier alpha value is -3.02. The van der Waals surface area contributed by atoms with Gasteiger partial charge in [-0.15, -0.1) is 0 Å². The third-order valence-corrected chi connectivity index (χ3v) is 7.26. The van der Waals surface area contributed by atoms with Gasteiger partial charge in [-0.25, -0.2) is 0 Å². The molecule has 0 aliphatic heterocycles. The molecule has 0 fully saturated rings. The maximum Gasteiger partial charge on any atom is 0.261 e. The molecular weight excluding hydrogens is 519 g/mol. The molecule has 0 saturated heterocycles. The fourth-order valence-electron chi connectivity index (χ4n) is 4.01. The first-order valence-corrected chi connectivity index (χ1v) is 13.7. The summed E-state index contributed by atoms with van der Waals surface area (Å²) >= 11 is 12.4. The number of carbonyl (C=O) groups is 2. The average molecular weight is 556 g/mol. The van der Waals surface area contributed by atoms with Crippen LogP contribution >= 0.6 is 23.2 Å². The van der Waals surface area contributed by atoms with Gasteiger partial charge in [-0.2, -0.15) is 0 Å². The first kappa shape index (κ1) is 29.5. The third-order valence-electron chi connectivity index (χ3n) is 6.52. The Morgan fingerprint density at radius 1 is 0.895 bits per heavy atom. The van der Waals surface area contributed by atoms with Crippen molar-refractivity contribution in [1.29, 1.82) is 0 Å². The Kier molecular flexibility index (Phi) is 11.1. The molecule has 2 amide bonds. The standard InChI is InChI=1S/C31H36Cl2N2O3/c1-5-22(4)34-31(37)29(18-23-9-7-6-8-10-23)35(19-24-11-16-27(32)28(33)17-24)30(36)20-38-26-14-12-25(13-15-26)21(2)3/h6-17,21-22,29H,5,18-20H2,1-4H3,(H,34,37)/t22-,29+/m0/s1. The molecule has 3 rings (SSSR count). The summed E-state index contributed by atoms with van der Waals surface area (Å²) in [6.07, 6.45) is 1.14. The molecule has 5 nitrogen and oxygen atoms in total. The Morgan fingerprint density at radius 3 is 2.18 bits per heavy atom. The van der Waals surface area contributed by atoms with Crippen molar-refractivity contribution >= 4 is 35.0 Å². The lowest BCUT2D eigenvalue weighted by Crippen LogP contribution is -2.53. The van der Waals surface area contributed by atoms with E-state index in [0.29, 0.717) is 28.1 Å². The summed E-state index contributed by atoms with van der Waals surface area (Å²) in [6.45, 7) is 8.18. The van der Waals surface area contributed by atoms with Crippen LogP contribution in [0.4, 0.5) is 0 Å². The number of carbonyl (C=O) groups excluding carboxylic acids is 2. The molecule has 7 heteroatoms. The Labute approximate surface area is 236 Å². The number of halogens is 2. The summed E-state index contributed by atoms with van der Waals surface area (Å²) in [4.78, 5) is 28.8. The SMILES string of the molecule is CC[C@H](C)NC(=O)[C@@H](Cc1ccccc1)N(Cc1ccc(Cl)c(Cl)c1)C(=O)COc1ccc(C(C)C)cc1. The first-order valence-electron chi connectivity index (χ1n) is 13.0. The van der Waals surface area contributed by atoms with Crippen LogP contribution in [0.25, 0.3) is 0 Å². The van der Waals surface area contributed by atoms with E-state index in [-0.39, 0.29) is 31.0 Å². The zero-order chi connectivity index (χ0) is 27.7. The van der Waals surface area contributed by atoms with Crippen molar-refractivity contribution in [2.45, 2.75) is 65.1 Å². The van der Waals surface area contributed by atoms with Crippen molar-refractivity contribution in [3.05, 3.63) is 99.5 Å². The summed E-state index contributed by atoms with van der Waals surface area (Å²) in [6, 6.07) is 21.9. The molecule has 0 unspecified atom stereocenters. The van der Waals surface area contributed by atoms with Crippen molar-refractivity contribution in [2.24, 2.45) is 0 Å². The van der Waals surface area contributed by atoms with Crippen LogP contribution in [0.3, 0.4) is 0 Å². The molecule has 0 aromatic heterocycles. The van der Waals surface area contributed by atoms with Gasteiger partial charge < -0.3 is 15.0 Å². The summed E-state index contributed by atoms with van der Waals surface area (Å²) < 4.78 is 5.88. The van der Waals surface area contributed by atoms with Crippen molar-refractivity contribution in [2.75, 3.05) is 6.61 Å². The fraction of sp³-hybridized carbons (Fsp3) is 0.355. The summed E-state index contributed by atoms with van der Waals surface area (Å²) in [5, 5.41) is 3.88. The number of ether oxygens (including phenoxy) is 1. The Bertz CT molecular complexity index is 1200. The number of benzene rings is 3. The van der Waals surface area contributed by atoms with E-state index >= 15 is 0 Å². The molecule has 2 atom stereocenters. The van der Waals surface area contributed by atoms with Gasteiger partial charge in [0.2, 0.25) is 5.91 Å². The van der Waals surface area contributed by atoms with Crippen LogP contribution < -0.4 is 10.1 Å². The molecule has 3 aromatic rings. The second-order valence-corrected chi connectivity index (χ2v) is 10.6. The minimum atomic E-state index is -0.750. The van der Waals surface area contributed by atoms with E-state index in [9.17, 15) is 9.59 Å². The highest BCUT2D eigenvalue weighted by Gasteiger charge is 2.31. The monoisotopic (exact) mass is 554 g/mol. The average Bonchev–Trinajstić information content (AvgIpc) is 2.91. The van der Waals surface area contributed by atoms with Gasteiger partial charge >= 0.3 is 0 Å². The summed E-state index contributed by atoms with van der Waals surface area (Å²) in [5.74, 6) is 0.484. The van der Waals surface area contributed by atoms with Gasteiger partial charge in [0, 0.05) is 19.0 Å². The minimum Gasteiger partial charge on any atom is -0.484 e. The smallest absolute Gasteiger partial charge is 0.261 e. The predicted molar refractivity (Wildman–Crippen MR) is 155 cm³/mol. The minimum absolute atomic E-state index is 0.0292. The fourth-order valence-corrected chi connectivity index (χ4v) is 4.33. The van der Waals surface area contributed by atoms with E-state index in [1.807, 2.05) is 74.5 Å². The normalized spacial score (nSPS) is 12.6. The molecule has 0 aliphatic rings. The number of amides is 2. The van der Waals surface area contributed by atoms with Gasteiger partial charge in [-0.3, -0.25) is 9.59 Å². The van der Waals surface area contributed by atoms with Gasteiger partial charge in [0.15, 0.2) is 6.61 Å². The van der Waals surface area contributed by atoms with Crippen molar-refractivity contribution in [1.82, 2.24) is 10.2 Å². The van der Waals surface area contributed by atoms with Gasteiger partial charge in [-0.1, -0.05) is 92.5 Å². The Balaban J connectivity index is 1.91. The zero-order valence-corrected chi connectivity index (χ0v) is 23.9. The van der Waals surface area contributed by atoms with E-state index in [1.165, 1.54) is 5.56 Å². The van der Waals surface area contributed by atoms with E-state index < -0.39 is 6.04 Å². The number of hydrogen-bond donors (Lipinski definition) is 1. The lowest BCUT2D eigenvalue weighted by atomic mass is 10.0. The van der Waals surface area contributed by atoms with E-state index in [4.69, 9.17) is 27.9 Å². The van der Waals surface area contributed by atoms with E-state index in [2.05, 4.69) is 19.2 Å². The van der Waals surface area contributed by atoms with Crippen LogP contribution in [-0.4, -0.2) is 35.4 Å². The summed E-state index contributed by atoms with van der Waals surface area (Å²) in [7, 11) is 0. The van der Waals surface area contributed by atoms with Crippen molar-refractivity contribution in [3.8, 4) is 5.75 Å². The van der Waals surface area contributed by atoms with Gasteiger partial charge in [0.25, 0.3) is 5.91 Å². The van der Waals surface area contributed by atoms with Gasteiger partial charge in [0.1, 0.15) is 11.8 Å². The van der Waals surface area contributed by atoms with E-state index in [1.54, 1.807) is 17.0 Å². The van der Waals surface area contributed by atoms with Crippen molar-refractivity contribution in [3.63, 3.8) is 0 Å². The maximum atomic E-state index is 13.7. The Morgan fingerprint density at radius 2 is 1.58 bits per heavy atom. The number of rotatable bonds is 12. The predicted octanol–water partition coefficient (Wildman–Crippen LogP) is 7.05. The highest BCUT2D eigenvalue weighted by atomic mass is 35.5. The van der Waals surface area contributed by atoms with Crippen molar-refractivity contribution < 1.29 is 14.3 Å². The molecule has 3 aromatic carbocycles. The van der Waals surface area contributed by atoms with Crippen LogP contribution in [0.1, 0.15) is 56.7 Å². The van der Waals surface area contributed by atoms with Crippen LogP contribution in [0.15, 0.2) is 72.8 Å². The van der Waals surface area contributed by atoms with Crippen LogP contribution in [0.5, 0.6) is 5.75 Å². The van der Waals surface area contributed by atoms with Crippen LogP contribution in [-0.2, 0) is 22.6 Å². The molecular formula is C31H36Cl2N2O3. The largest absolute Gasteiger partial charge is 0.484 e. The molecule has 202 valence electrons. The zero-order valence-electron chi connectivity index (χ0n) is 22.4. The lowest BCUT2D eigenvalue weighted by Gasteiger charge is -2.32. The summed E-state index contributed by atoms with van der Waals surface area (Å²) in [5.41, 5.74) is 2.91. The van der Waals surface area contributed by atoms with Gasteiger partial charge in [-0.05, 0) is 60.2 Å². The lowest BCUT2D eigenvalue weighted by molar-refractivity contribution is -0.143. The van der Waals surface area contributed by atoms with Crippen LogP contribution in [0.2, 0.25) is 10.0 Å². The molecule has 0 heterocycles. The molecule has 38 heavy (non-hydrogen) atoms. The molecule has 1 N–H and O–H groups in total. The molecule has 0 aliphatic carbocycles. The second kappa shape index (κ2) is 14.2. The topological polar surface area (TPSA) is 58.6 Å². The number of nitrogens with zero attached hydrogens (tertiary/aromatic N) is 1. The molecule has 0 radical (unpaired) electrons. The molecule has 0 bridgehead atoms. The quantitative estimate of drug-likeness (QED) is 0.261. The highest BCUT2D eigenvalue weighted by Crippen LogP contribution is 2.25. The van der Waals surface area contributed by atoms with Crippen LogP contribution in [0, 0.1) is 0 Å². The molecule has 0 saturated carbocycles. The third kappa shape index (κ3) is 8.50. The number of nitrogens with one attached hydrogen (secondary N) is 1. The highest BCUT2D eigenvalue weighted by molar-refractivity contribution is 6.42. The maximum absolute atomic E-state index is 13.7. The first-order chi connectivity index (χ1) is 18.2.